The third kappa shape index (κ3) is 6.64. The van der Waals surface area contributed by atoms with Gasteiger partial charge in [-0.3, -0.25) is 4.90 Å². The molecule has 3 heterocycles. The van der Waals surface area contributed by atoms with Gasteiger partial charge in [-0.2, -0.15) is 10.5 Å². The molecule has 2 aromatic carbocycles. The Kier molecular flexibility index (Phi) is 8.84. The highest BCUT2D eigenvalue weighted by atomic mass is 28.4. The number of nitriles is 2. The molecule has 230 valence electrons. The van der Waals surface area contributed by atoms with Crippen LogP contribution < -0.4 is 10.6 Å². The standard InChI is InChI=1S/C34H44N8OSi/c1-33(2,3)44(6,7)43-23-34(4)22-38-31-27(20-36)17-26(18-28(31)34)29-10-11-37-32(39-29)40-30-16-24(19-35)8-9-25(30)21-42-14-12-41(5)13-15-42/h8-11,16-18,38H,12-15,21-23H2,1-7H3,(H,37,39,40)/t34-/m1/s1. The minimum Gasteiger partial charge on any atom is -0.416 e. The van der Waals surface area contributed by atoms with E-state index in [-0.39, 0.29) is 10.5 Å². The summed E-state index contributed by atoms with van der Waals surface area (Å²) in [5.74, 6) is 0.443. The van der Waals surface area contributed by atoms with Crippen molar-refractivity contribution >= 4 is 25.6 Å². The van der Waals surface area contributed by atoms with E-state index >= 15 is 0 Å². The number of hydrogen-bond acceptors (Lipinski definition) is 9. The van der Waals surface area contributed by atoms with Crippen LogP contribution in [-0.4, -0.2) is 74.5 Å². The number of nitrogens with one attached hydrogen (secondary N) is 2. The lowest BCUT2D eigenvalue weighted by atomic mass is 9.83. The third-order valence-corrected chi connectivity index (χ3v) is 14.0. The van der Waals surface area contributed by atoms with Crippen molar-refractivity contribution < 1.29 is 4.43 Å². The Balaban J connectivity index is 1.43. The monoisotopic (exact) mass is 608 g/mol. The first-order valence-corrected chi connectivity index (χ1v) is 18.2. The molecule has 0 saturated carbocycles. The molecule has 0 aliphatic carbocycles. The lowest BCUT2D eigenvalue weighted by Crippen LogP contribution is -2.45. The summed E-state index contributed by atoms with van der Waals surface area (Å²) >= 11 is 0. The summed E-state index contributed by atoms with van der Waals surface area (Å²) in [4.78, 5) is 14.2. The van der Waals surface area contributed by atoms with E-state index in [1.807, 2.05) is 30.3 Å². The summed E-state index contributed by atoms with van der Waals surface area (Å²) < 4.78 is 6.68. The van der Waals surface area contributed by atoms with Crippen LogP contribution in [0.25, 0.3) is 11.3 Å². The Bertz CT molecular complexity index is 1610. The van der Waals surface area contributed by atoms with Crippen molar-refractivity contribution in [2.45, 2.75) is 57.8 Å². The fourth-order valence-electron chi connectivity index (χ4n) is 5.46. The van der Waals surface area contributed by atoms with Gasteiger partial charge in [-0.25, -0.2) is 9.97 Å². The third-order valence-electron chi connectivity index (χ3n) is 9.55. The molecular weight excluding hydrogens is 565 g/mol. The topological polar surface area (TPSA) is 113 Å². The molecule has 0 amide bonds. The minimum atomic E-state index is -1.96. The van der Waals surface area contributed by atoms with Gasteiger partial charge in [-0.05, 0) is 66.6 Å². The van der Waals surface area contributed by atoms with Crippen LogP contribution in [0.5, 0.6) is 0 Å². The average Bonchev–Trinajstić information content (AvgIpc) is 3.34. The normalized spacial score (nSPS) is 19.1. The molecule has 2 aliphatic heterocycles. The number of anilines is 3. The van der Waals surface area contributed by atoms with Crippen molar-refractivity contribution in [1.82, 2.24) is 19.8 Å². The molecule has 10 heteroatoms. The second kappa shape index (κ2) is 12.3. The molecule has 2 aliphatic rings. The summed E-state index contributed by atoms with van der Waals surface area (Å²) in [5.41, 5.74) is 6.35. The predicted octanol–water partition coefficient (Wildman–Crippen LogP) is 6.08. The van der Waals surface area contributed by atoms with Gasteiger partial charge in [-0.1, -0.05) is 33.8 Å². The number of hydrogen-bond donors (Lipinski definition) is 2. The number of benzene rings is 2. The zero-order valence-corrected chi connectivity index (χ0v) is 28.1. The number of rotatable bonds is 8. The Hall–Kier alpha value is -3.80. The summed E-state index contributed by atoms with van der Waals surface area (Å²) in [6.07, 6.45) is 1.73. The number of piperazine rings is 1. The second-order valence-corrected chi connectivity index (χ2v) is 18.8. The minimum absolute atomic E-state index is 0.110. The fraction of sp³-hybridized carbons (Fsp3) is 0.471. The van der Waals surface area contributed by atoms with Gasteiger partial charge in [0.05, 0.1) is 28.6 Å². The first kappa shape index (κ1) is 31.6. The molecule has 0 spiro atoms. The maximum atomic E-state index is 10.1. The van der Waals surface area contributed by atoms with Gasteiger partial charge in [0.25, 0.3) is 0 Å². The Morgan fingerprint density at radius 3 is 2.50 bits per heavy atom. The van der Waals surface area contributed by atoms with Gasteiger partial charge >= 0.3 is 0 Å². The zero-order valence-electron chi connectivity index (χ0n) is 27.1. The molecule has 2 N–H and O–H groups in total. The quantitative estimate of drug-likeness (QED) is 0.294. The molecule has 9 nitrogen and oxygen atoms in total. The molecule has 1 aromatic heterocycles. The van der Waals surface area contributed by atoms with Crippen LogP contribution in [0, 0.1) is 22.7 Å². The van der Waals surface area contributed by atoms with Crippen molar-refractivity contribution in [2.24, 2.45) is 0 Å². The molecular formula is C34H44N8OSi. The van der Waals surface area contributed by atoms with E-state index in [0.717, 1.165) is 66.5 Å². The molecule has 0 unspecified atom stereocenters. The Morgan fingerprint density at radius 2 is 1.82 bits per heavy atom. The van der Waals surface area contributed by atoms with E-state index in [2.05, 4.69) is 91.5 Å². The number of likely N-dealkylation sites (N-methyl/N-ethyl adjacent to an activating group) is 1. The molecule has 3 aromatic rings. The van der Waals surface area contributed by atoms with Crippen molar-refractivity contribution in [3.8, 4) is 23.4 Å². The first-order chi connectivity index (χ1) is 20.8. The summed E-state index contributed by atoms with van der Waals surface area (Å²) in [7, 11) is 0.189. The molecule has 44 heavy (non-hydrogen) atoms. The number of fused-ring (bicyclic) bond motifs is 1. The number of nitrogens with zero attached hydrogens (tertiary/aromatic N) is 6. The average molecular weight is 609 g/mol. The highest BCUT2D eigenvalue weighted by Gasteiger charge is 2.42. The van der Waals surface area contributed by atoms with E-state index in [0.29, 0.717) is 30.2 Å². The maximum absolute atomic E-state index is 10.1. The summed E-state index contributed by atoms with van der Waals surface area (Å²) in [6.45, 7) is 19.6. The Morgan fingerprint density at radius 1 is 1.07 bits per heavy atom. The SMILES string of the molecule is CN1CCN(Cc2ccc(C#N)cc2Nc2nccc(-c3cc(C#N)c4c(c3)[C@@](C)(CO[Si](C)(C)C(C)(C)C)CN4)n2)CC1. The van der Waals surface area contributed by atoms with E-state index in [9.17, 15) is 10.5 Å². The van der Waals surface area contributed by atoms with Gasteiger partial charge in [0.1, 0.15) is 6.07 Å². The van der Waals surface area contributed by atoms with Crippen LogP contribution >= 0.6 is 0 Å². The first-order valence-electron chi connectivity index (χ1n) is 15.3. The van der Waals surface area contributed by atoms with Gasteiger partial charge in [-0.15, -0.1) is 0 Å². The maximum Gasteiger partial charge on any atom is 0.227 e. The molecule has 0 bridgehead atoms. The second-order valence-electron chi connectivity index (χ2n) is 14.0. The molecule has 1 saturated heterocycles. The van der Waals surface area contributed by atoms with E-state index in [4.69, 9.17) is 9.41 Å². The van der Waals surface area contributed by atoms with Crippen molar-refractivity contribution in [2.75, 3.05) is 57.0 Å². The van der Waals surface area contributed by atoms with Gasteiger partial charge < -0.3 is 20.0 Å². The van der Waals surface area contributed by atoms with Crippen LogP contribution in [0.15, 0.2) is 42.6 Å². The van der Waals surface area contributed by atoms with E-state index in [1.54, 1.807) is 6.20 Å². The van der Waals surface area contributed by atoms with E-state index < -0.39 is 8.32 Å². The highest BCUT2D eigenvalue weighted by molar-refractivity contribution is 6.74. The summed E-state index contributed by atoms with van der Waals surface area (Å²) in [6, 6.07) is 16.3. The van der Waals surface area contributed by atoms with Crippen molar-refractivity contribution in [3.63, 3.8) is 0 Å². The number of aromatic nitrogens is 2. The largest absolute Gasteiger partial charge is 0.416 e. The molecule has 0 radical (unpaired) electrons. The summed E-state index contributed by atoms with van der Waals surface area (Å²) in [5, 5.41) is 26.7. The smallest absolute Gasteiger partial charge is 0.227 e. The molecule has 5 rings (SSSR count). The predicted molar refractivity (Wildman–Crippen MR) is 178 cm³/mol. The van der Waals surface area contributed by atoms with Gasteiger partial charge in [0.2, 0.25) is 5.95 Å². The molecule has 1 atom stereocenters. The van der Waals surface area contributed by atoms with E-state index in [1.165, 1.54) is 0 Å². The fourth-order valence-corrected chi connectivity index (χ4v) is 6.57. The van der Waals surface area contributed by atoms with Gasteiger partial charge in [0, 0.05) is 68.7 Å². The van der Waals surface area contributed by atoms with Crippen molar-refractivity contribution in [3.05, 3.63) is 64.8 Å². The van der Waals surface area contributed by atoms with Crippen LogP contribution in [0.3, 0.4) is 0 Å². The zero-order chi connectivity index (χ0) is 31.7. The Labute approximate surface area is 263 Å². The van der Waals surface area contributed by atoms with Crippen LogP contribution in [0.1, 0.15) is 49.9 Å². The van der Waals surface area contributed by atoms with Crippen LogP contribution in [0.4, 0.5) is 17.3 Å². The van der Waals surface area contributed by atoms with Gasteiger partial charge in [0.15, 0.2) is 8.32 Å². The highest BCUT2D eigenvalue weighted by Crippen LogP contribution is 2.44. The lowest BCUT2D eigenvalue weighted by molar-refractivity contribution is 0.148. The lowest BCUT2D eigenvalue weighted by Gasteiger charge is -2.39. The van der Waals surface area contributed by atoms with Crippen LogP contribution in [0.2, 0.25) is 18.1 Å². The molecule has 1 fully saturated rings. The van der Waals surface area contributed by atoms with Crippen LogP contribution in [-0.2, 0) is 16.4 Å². The van der Waals surface area contributed by atoms with Crippen molar-refractivity contribution in [1.29, 1.82) is 10.5 Å².